The number of nitrogens with two attached hydrogens (primary N) is 1. The Hall–Kier alpha value is -0.240. The Morgan fingerprint density at radius 3 is 2.50 bits per heavy atom. The molecule has 1 atom stereocenters. The first-order valence-corrected chi connectivity index (χ1v) is 4.13. The summed E-state index contributed by atoms with van der Waals surface area (Å²) >= 11 is 5.92. The van der Waals surface area contributed by atoms with Crippen molar-refractivity contribution in [3.05, 3.63) is 34.9 Å². The fraction of sp³-hybridized carbons (Fsp3) is 0.333. The summed E-state index contributed by atoms with van der Waals surface area (Å²) in [7, 11) is 0. The fourth-order valence-corrected chi connectivity index (χ4v) is 1.27. The highest BCUT2D eigenvalue weighted by atomic mass is 35.5. The summed E-state index contributed by atoms with van der Waals surface area (Å²) < 4.78 is 0. The van der Waals surface area contributed by atoms with Crippen molar-refractivity contribution in [2.24, 2.45) is 5.73 Å². The summed E-state index contributed by atoms with van der Waals surface area (Å²) in [5.74, 6) is 0. The molecular weight excluding hydrogens is 193 g/mol. The highest BCUT2D eigenvalue weighted by Gasteiger charge is 2.05. The third kappa shape index (κ3) is 2.67. The molecule has 1 nitrogen and oxygen atoms in total. The molecule has 3 heteroatoms. The van der Waals surface area contributed by atoms with E-state index in [-0.39, 0.29) is 18.4 Å². The number of benzene rings is 1. The SMILES string of the molecule is CC[C@H](N)c1ccccc1Cl.Cl. The molecule has 68 valence electrons. The van der Waals surface area contributed by atoms with E-state index in [1.165, 1.54) is 0 Å². The number of hydrogen-bond donors (Lipinski definition) is 1. The van der Waals surface area contributed by atoms with Gasteiger partial charge in [-0.15, -0.1) is 12.4 Å². The molecule has 0 bridgehead atoms. The van der Waals surface area contributed by atoms with E-state index in [1.807, 2.05) is 31.2 Å². The van der Waals surface area contributed by atoms with Crippen LogP contribution in [0.4, 0.5) is 0 Å². The van der Waals surface area contributed by atoms with Crippen molar-refractivity contribution in [1.82, 2.24) is 0 Å². The van der Waals surface area contributed by atoms with Crippen LogP contribution in [0.1, 0.15) is 24.9 Å². The molecule has 2 N–H and O–H groups in total. The lowest BCUT2D eigenvalue weighted by Crippen LogP contribution is -2.08. The molecule has 1 aromatic carbocycles. The van der Waals surface area contributed by atoms with Gasteiger partial charge in [-0.1, -0.05) is 36.7 Å². The summed E-state index contributed by atoms with van der Waals surface area (Å²) in [4.78, 5) is 0. The average molecular weight is 206 g/mol. The maximum Gasteiger partial charge on any atom is 0.0453 e. The molecule has 0 aliphatic carbocycles. The molecule has 0 saturated heterocycles. The Bertz CT molecular complexity index is 238. The van der Waals surface area contributed by atoms with Gasteiger partial charge in [0.25, 0.3) is 0 Å². The van der Waals surface area contributed by atoms with Gasteiger partial charge < -0.3 is 5.73 Å². The molecule has 1 rings (SSSR count). The van der Waals surface area contributed by atoms with Crippen LogP contribution >= 0.6 is 24.0 Å². The highest BCUT2D eigenvalue weighted by Crippen LogP contribution is 2.22. The Balaban J connectivity index is 0.00000121. The molecule has 0 saturated carbocycles. The Morgan fingerprint density at radius 2 is 2.00 bits per heavy atom. The Kier molecular flexibility index (Phi) is 5.31. The van der Waals surface area contributed by atoms with Gasteiger partial charge in [-0.2, -0.15) is 0 Å². The van der Waals surface area contributed by atoms with E-state index in [0.29, 0.717) is 0 Å². The van der Waals surface area contributed by atoms with Crippen LogP contribution in [-0.2, 0) is 0 Å². The van der Waals surface area contributed by atoms with Gasteiger partial charge in [0, 0.05) is 11.1 Å². The lowest BCUT2D eigenvalue weighted by Gasteiger charge is -2.09. The van der Waals surface area contributed by atoms with Crippen molar-refractivity contribution in [2.75, 3.05) is 0 Å². The summed E-state index contributed by atoms with van der Waals surface area (Å²) in [5.41, 5.74) is 6.85. The molecule has 0 radical (unpaired) electrons. The molecule has 0 heterocycles. The van der Waals surface area contributed by atoms with Crippen LogP contribution in [0.5, 0.6) is 0 Å². The summed E-state index contributed by atoms with van der Waals surface area (Å²) in [6.07, 6.45) is 0.920. The molecule has 0 aliphatic heterocycles. The minimum absolute atomic E-state index is 0. The van der Waals surface area contributed by atoms with Crippen LogP contribution in [-0.4, -0.2) is 0 Å². The van der Waals surface area contributed by atoms with E-state index in [2.05, 4.69) is 0 Å². The normalized spacial score (nSPS) is 11.9. The molecule has 0 amide bonds. The fourth-order valence-electron chi connectivity index (χ4n) is 0.996. The van der Waals surface area contributed by atoms with E-state index in [4.69, 9.17) is 17.3 Å². The van der Waals surface area contributed by atoms with Crippen molar-refractivity contribution in [1.29, 1.82) is 0 Å². The maximum atomic E-state index is 5.92. The van der Waals surface area contributed by atoms with Gasteiger partial charge in [-0.05, 0) is 18.1 Å². The van der Waals surface area contributed by atoms with Crippen LogP contribution < -0.4 is 5.73 Å². The number of hydrogen-bond acceptors (Lipinski definition) is 1. The number of rotatable bonds is 2. The maximum absolute atomic E-state index is 5.92. The van der Waals surface area contributed by atoms with Crippen LogP contribution in [0, 0.1) is 0 Å². The smallest absolute Gasteiger partial charge is 0.0453 e. The van der Waals surface area contributed by atoms with Crippen LogP contribution in [0.15, 0.2) is 24.3 Å². The highest BCUT2D eigenvalue weighted by molar-refractivity contribution is 6.31. The third-order valence-corrected chi connectivity index (χ3v) is 2.09. The van der Waals surface area contributed by atoms with Crippen molar-refractivity contribution >= 4 is 24.0 Å². The predicted molar refractivity (Wildman–Crippen MR) is 55.9 cm³/mol. The first-order valence-electron chi connectivity index (χ1n) is 3.75. The van der Waals surface area contributed by atoms with Crippen molar-refractivity contribution in [3.63, 3.8) is 0 Å². The lowest BCUT2D eigenvalue weighted by atomic mass is 10.1. The minimum atomic E-state index is 0. The van der Waals surface area contributed by atoms with E-state index in [9.17, 15) is 0 Å². The van der Waals surface area contributed by atoms with Gasteiger partial charge in [-0.25, -0.2) is 0 Å². The lowest BCUT2D eigenvalue weighted by molar-refractivity contribution is 0.699. The van der Waals surface area contributed by atoms with Crippen molar-refractivity contribution < 1.29 is 0 Å². The first kappa shape index (κ1) is 11.8. The van der Waals surface area contributed by atoms with Crippen LogP contribution in [0.3, 0.4) is 0 Å². The predicted octanol–water partition coefficient (Wildman–Crippen LogP) is 3.17. The summed E-state index contributed by atoms with van der Waals surface area (Å²) in [5, 5.41) is 0.766. The largest absolute Gasteiger partial charge is 0.324 e. The van der Waals surface area contributed by atoms with Crippen LogP contribution in [0.25, 0.3) is 0 Å². The van der Waals surface area contributed by atoms with Gasteiger partial charge in [0.15, 0.2) is 0 Å². The molecule has 0 spiro atoms. The molecule has 12 heavy (non-hydrogen) atoms. The third-order valence-electron chi connectivity index (χ3n) is 1.74. The van der Waals surface area contributed by atoms with E-state index < -0.39 is 0 Å². The minimum Gasteiger partial charge on any atom is -0.324 e. The molecule has 0 aliphatic rings. The van der Waals surface area contributed by atoms with Gasteiger partial charge in [0.1, 0.15) is 0 Å². The van der Waals surface area contributed by atoms with E-state index in [0.717, 1.165) is 17.0 Å². The standard InChI is InChI=1S/C9H12ClN.ClH/c1-2-9(11)7-5-3-4-6-8(7)10;/h3-6,9H,2,11H2,1H3;1H/t9-;/m0./s1. The Labute approximate surface area is 84.3 Å². The van der Waals surface area contributed by atoms with Gasteiger partial charge in [0.2, 0.25) is 0 Å². The first-order chi connectivity index (χ1) is 5.25. The molecule has 0 aromatic heterocycles. The summed E-state index contributed by atoms with van der Waals surface area (Å²) in [6.45, 7) is 2.05. The zero-order valence-electron chi connectivity index (χ0n) is 6.96. The topological polar surface area (TPSA) is 26.0 Å². The molecular formula is C9H13Cl2N. The second-order valence-electron chi connectivity index (χ2n) is 2.54. The van der Waals surface area contributed by atoms with Gasteiger partial charge >= 0.3 is 0 Å². The second-order valence-corrected chi connectivity index (χ2v) is 2.94. The zero-order chi connectivity index (χ0) is 8.27. The van der Waals surface area contributed by atoms with E-state index in [1.54, 1.807) is 0 Å². The quantitative estimate of drug-likeness (QED) is 0.790. The molecule has 0 unspecified atom stereocenters. The van der Waals surface area contributed by atoms with E-state index >= 15 is 0 Å². The number of halogens is 2. The van der Waals surface area contributed by atoms with Gasteiger partial charge in [0.05, 0.1) is 0 Å². The van der Waals surface area contributed by atoms with Gasteiger partial charge in [-0.3, -0.25) is 0 Å². The molecule has 1 aromatic rings. The average Bonchev–Trinajstić information content (AvgIpc) is 2.04. The van der Waals surface area contributed by atoms with Crippen molar-refractivity contribution in [2.45, 2.75) is 19.4 Å². The zero-order valence-corrected chi connectivity index (χ0v) is 8.53. The van der Waals surface area contributed by atoms with Crippen LogP contribution in [0.2, 0.25) is 5.02 Å². The summed E-state index contributed by atoms with van der Waals surface area (Å²) in [6, 6.07) is 7.78. The Morgan fingerprint density at radius 1 is 1.42 bits per heavy atom. The molecule has 0 fully saturated rings. The van der Waals surface area contributed by atoms with Crippen molar-refractivity contribution in [3.8, 4) is 0 Å². The monoisotopic (exact) mass is 205 g/mol. The second kappa shape index (κ2) is 5.41.